The van der Waals surface area contributed by atoms with E-state index in [0.717, 1.165) is 10.3 Å². The van der Waals surface area contributed by atoms with E-state index in [0.29, 0.717) is 11.1 Å². The number of carbonyl (C=O) groups excluding carboxylic acids is 2. The number of rotatable bonds is 16. The number of aliphatic hydroxyl groups excluding tert-OH is 1. The molecule has 4 aromatic rings. The summed E-state index contributed by atoms with van der Waals surface area (Å²) in [4.78, 5) is 30.0. The van der Waals surface area contributed by atoms with Crippen LogP contribution in [-0.2, 0) is 31.6 Å². The molecule has 0 radical (unpaired) electrons. The average Bonchev–Trinajstić information content (AvgIpc) is 3.51. The molecule has 1 aromatic heterocycles. The van der Waals surface area contributed by atoms with Gasteiger partial charge in [-0.3, -0.25) is 14.9 Å². The molecule has 0 fully saturated rings. The maximum atomic E-state index is 13.8. The van der Waals surface area contributed by atoms with Gasteiger partial charge < -0.3 is 15.7 Å². The van der Waals surface area contributed by atoms with E-state index in [1.165, 1.54) is 33.8 Å². The molecule has 0 bridgehead atoms. The van der Waals surface area contributed by atoms with E-state index in [9.17, 15) is 27.5 Å². The molecule has 4 rings (SSSR count). The van der Waals surface area contributed by atoms with Crippen LogP contribution in [0.4, 0.5) is 4.39 Å². The predicted octanol–water partition coefficient (Wildman–Crippen LogP) is 3.81. The number of hydrogen-bond acceptors (Lipinski definition) is 8. The van der Waals surface area contributed by atoms with Gasteiger partial charge >= 0.3 is 0 Å². The second-order valence-corrected chi connectivity index (χ2v) is 15.2. The summed E-state index contributed by atoms with van der Waals surface area (Å²) in [5, 5.41) is 19.9. The van der Waals surface area contributed by atoms with Gasteiger partial charge in [0.2, 0.25) is 21.8 Å². The Hall–Kier alpha value is -3.75. The fraction of sp³-hybridized carbons (Fsp3) is 0.382. The number of aromatic nitrogens is 1. The van der Waals surface area contributed by atoms with E-state index in [1.54, 1.807) is 29.8 Å². The lowest BCUT2D eigenvalue weighted by molar-refractivity contribution is -0.126. The molecule has 1 heterocycles. The number of sulfonamides is 1. The van der Waals surface area contributed by atoms with Crippen molar-refractivity contribution in [1.29, 1.82) is 0 Å². The normalized spacial score (nSPS) is 13.5. The first-order valence-electron chi connectivity index (χ1n) is 15.4. The largest absolute Gasteiger partial charge is 0.390 e. The van der Waals surface area contributed by atoms with Crippen molar-refractivity contribution < 1.29 is 27.5 Å². The monoisotopic (exact) mass is 683 g/mol. The van der Waals surface area contributed by atoms with Crippen LogP contribution < -0.4 is 16.0 Å². The molecule has 0 aliphatic carbocycles. The Balaban J connectivity index is 1.43. The number of amides is 2. The highest BCUT2D eigenvalue weighted by Crippen LogP contribution is 2.25. The molecule has 2 amide bonds. The summed E-state index contributed by atoms with van der Waals surface area (Å²) in [7, 11) is -4.00. The SMILES string of the molecule is CC(C)CN(C[C@@H](O)[C@H](Cc1ccccc1)NC(=O)CNC(=O)CNC(C)(C)c1cccc(F)c1)S(=O)(=O)c1ccc2ncsc2c1. The maximum Gasteiger partial charge on any atom is 0.243 e. The average molecular weight is 684 g/mol. The molecule has 0 unspecified atom stereocenters. The molecule has 3 aromatic carbocycles. The number of carbonyl (C=O) groups is 2. The number of hydrogen-bond donors (Lipinski definition) is 4. The fourth-order valence-corrected chi connectivity index (χ4v) is 7.53. The molecule has 0 spiro atoms. The van der Waals surface area contributed by atoms with E-state index >= 15 is 0 Å². The zero-order valence-electron chi connectivity index (χ0n) is 26.9. The lowest BCUT2D eigenvalue weighted by atomic mass is 9.94. The van der Waals surface area contributed by atoms with Crippen LogP contribution in [0.1, 0.15) is 38.8 Å². The Morgan fingerprint density at radius 2 is 1.72 bits per heavy atom. The van der Waals surface area contributed by atoms with Gasteiger partial charge in [0.15, 0.2) is 0 Å². The summed E-state index contributed by atoms with van der Waals surface area (Å²) < 4.78 is 43.3. The number of benzene rings is 3. The highest BCUT2D eigenvalue weighted by molar-refractivity contribution is 7.89. The van der Waals surface area contributed by atoms with Crippen molar-refractivity contribution in [3.63, 3.8) is 0 Å². The number of nitrogens with zero attached hydrogens (tertiary/aromatic N) is 2. The molecule has 0 aliphatic rings. The van der Waals surface area contributed by atoms with E-state index < -0.39 is 39.5 Å². The Morgan fingerprint density at radius 1 is 0.979 bits per heavy atom. The lowest BCUT2D eigenvalue weighted by Gasteiger charge is -2.31. The molecule has 0 saturated heterocycles. The summed E-state index contributed by atoms with van der Waals surface area (Å²) >= 11 is 1.34. The van der Waals surface area contributed by atoms with Gasteiger partial charge in [0, 0.05) is 18.6 Å². The molecule has 47 heavy (non-hydrogen) atoms. The lowest BCUT2D eigenvalue weighted by Crippen LogP contribution is -2.53. The summed E-state index contributed by atoms with van der Waals surface area (Å²) in [6, 6.07) is 19.2. The van der Waals surface area contributed by atoms with Crippen LogP contribution in [0.25, 0.3) is 10.2 Å². The van der Waals surface area contributed by atoms with Gasteiger partial charge in [-0.2, -0.15) is 4.31 Å². The second-order valence-electron chi connectivity index (χ2n) is 12.4. The molecular weight excluding hydrogens is 642 g/mol. The van der Waals surface area contributed by atoms with Gasteiger partial charge in [-0.25, -0.2) is 17.8 Å². The van der Waals surface area contributed by atoms with Gasteiger partial charge in [-0.05, 0) is 67.6 Å². The molecule has 252 valence electrons. The Labute approximate surface area is 279 Å². The van der Waals surface area contributed by atoms with Crippen LogP contribution in [0.15, 0.2) is 83.2 Å². The molecule has 4 N–H and O–H groups in total. The Bertz CT molecular complexity index is 1760. The molecule has 0 aliphatic heterocycles. The van der Waals surface area contributed by atoms with E-state index in [2.05, 4.69) is 20.9 Å². The molecule has 2 atom stereocenters. The third-order valence-electron chi connectivity index (χ3n) is 7.69. The van der Waals surface area contributed by atoms with Crippen LogP contribution in [0.5, 0.6) is 0 Å². The number of nitrogens with one attached hydrogen (secondary N) is 3. The minimum absolute atomic E-state index is 0.0408. The quantitative estimate of drug-likeness (QED) is 0.141. The van der Waals surface area contributed by atoms with Crippen molar-refractivity contribution in [2.45, 2.75) is 56.7 Å². The van der Waals surface area contributed by atoms with Crippen molar-refractivity contribution in [2.24, 2.45) is 5.92 Å². The summed E-state index contributed by atoms with van der Waals surface area (Å²) in [5.41, 5.74) is 3.15. The summed E-state index contributed by atoms with van der Waals surface area (Å²) in [5.74, 6) is -1.41. The van der Waals surface area contributed by atoms with Crippen molar-refractivity contribution >= 4 is 43.4 Å². The van der Waals surface area contributed by atoms with E-state index in [-0.39, 0.29) is 49.2 Å². The zero-order chi connectivity index (χ0) is 34.2. The van der Waals surface area contributed by atoms with Gasteiger partial charge in [-0.1, -0.05) is 56.3 Å². The third-order valence-corrected chi connectivity index (χ3v) is 10.3. The van der Waals surface area contributed by atoms with Crippen LogP contribution in [-0.4, -0.2) is 73.0 Å². The highest BCUT2D eigenvalue weighted by Gasteiger charge is 2.32. The third kappa shape index (κ3) is 10.1. The highest BCUT2D eigenvalue weighted by atomic mass is 32.2. The first-order chi connectivity index (χ1) is 22.2. The maximum absolute atomic E-state index is 13.8. The van der Waals surface area contributed by atoms with Crippen molar-refractivity contribution in [2.75, 3.05) is 26.2 Å². The Kier molecular flexibility index (Phi) is 12.2. The molecule has 0 saturated carbocycles. The van der Waals surface area contributed by atoms with Gasteiger partial charge in [0.1, 0.15) is 5.82 Å². The first kappa shape index (κ1) is 36.1. The van der Waals surface area contributed by atoms with Crippen molar-refractivity contribution in [1.82, 2.24) is 25.2 Å². The van der Waals surface area contributed by atoms with Crippen LogP contribution >= 0.6 is 11.3 Å². The second kappa shape index (κ2) is 15.9. The number of fused-ring (bicyclic) bond motifs is 1. The smallest absolute Gasteiger partial charge is 0.243 e. The van der Waals surface area contributed by atoms with Crippen LogP contribution in [0, 0.1) is 11.7 Å². The van der Waals surface area contributed by atoms with Gasteiger partial charge in [-0.15, -0.1) is 11.3 Å². The van der Waals surface area contributed by atoms with Gasteiger partial charge in [0.25, 0.3) is 0 Å². The molecule has 13 heteroatoms. The zero-order valence-corrected chi connectivity index (χ0v) is 28.6. The van der Waals surface area contributed by atoms with Crippen LogP contribution in [0.2, 0.25) is 0 Å². The Morgan fingerprint density at radius 3 is 2.43 bits per heavy atom. The number of thiazole rings is 1. The van der Waals surface area contributed by atoms with Crippen molar-refractivity contribution in [3.8, 4) is 0 Å². The first-order valence-corrected chi connectivity index (χ1v) is 17.7. The fourth-order valence-electron chi connectivity index (χ4n) is 5.09. The number of halogens is 1. The van der Waals surface area contributed by atoms with E-state index in [4.69, 9.17) is 0 Å². The predicted molar refractivity (Wildman–Crippen MR) is 182 cm³/mol. The topological polar surface area (TPSA) is 141 Å². The summed E-state index contributed by atoms with van der Waals surface area (Å²) in [6.45, 7) is 6.83. The standard InChI is InChI=1S/C34H42FN5O5S2/c1-23(2)20-40(47(44,45)27-13-14-28-31(17-27)46-22-37-28)21-30(41)29(15-24-9-6-5-7-10-24)39-33(43)18-36-32(42)19-38-34(3,4)25-11-8-12-26(35)16-25/h5-14,16-17,22-23,29-30,38,41H,15,18-21H2,1-4H3,(H,36,42)(H,39,43)/t29-,30+/m0/s1. The van der Waals surface area contributed by atoms with Crippen LogP contribution in [0.3, 0.4) is 0 Å². The minimum atomic E-state index is -4.00. The van der Waals surface area contributed by atoms with E-state index in [1.807, 2.05) is 58.0 Å². The van der Waals surface area contributed by atoms with Gasteiger partial charge in [0.05, 0.1) is 45.9 Å². The minimum Gasteiger partial charge on any atom is -0.390 e. The number of aliphatic hydroxyl groups is 1. The molecule has 10 nitrogen and oxygen atoms in total. The summed E-state index contributed by atoms with van der Waals surface area (Å²) in [6.07, 6.45) is -1.04. The molecular formula is C34H42FN5O5S2. The van der Waals surface area contributed by atoms with Crippen molar-refractivity contribution in [3.05, 3.63) is 95.3 Å².